The molecule has 0 radical (unpaired) electrons. The Morgan fingerprint density at radius 3 is 2.72 bits per heavy atom. The molecule has 4 rings (SSSR count). The number of piperidine rings is 1. The normalized spacial score (nSPS) is 18.6. The van der Waals surface area contributed by atoms with Gasteiger partial charge in [-0.25, -0.2) is 22.7 Å². The van der Waals surface area contributed by atoms with E-state index in [1.165, 1.54) is 10.6 Å². The molecule has 9 heteroatoms. The van der Waals surface area contributed by atoms with E-state index in [-0.39, 0.29) is 6.04 Å². The predicted molar refractivity (Wildman–Crippen MR) is 94.7 cm³/mol. The zero-order chi connectivity index (χ0) is 17.6. The molecular weight excluding hydrogens is 340 g/mol. The lowest BCUT2D eigenvalue weighted by Crippen LogP contribution is -2.42. The van der Waals surface area contributed by atoms with Gasteiger partial charge in [0.25, 0.3) is 0 Å². The Morgan fingerprint density at radius 1 is 1.24 bits per heavy atom. The maximum atomic E-state index is 11.6. The molecule has 0 atom stereocenters. The number of fused-ring (bicyclic) bond motifs is 3. The molecule has 3 heterocycles. The number of hydrogen-bond acceptors (Lipinski definition) is 6. The van der Waals surface area contributed by atoms with Crippen LogP contribution in [0.1, 0.15) is 24.1 Å². The largest absolute Gasteiger partial charge is 0.351 e. The minimum atomic E-state index is -3.10. The second-order valence-electron chi connectivity index (χ2n) is 6.81. The van der Waals surface area contributed by atoms with Gasteiger partial charge in [-0.15, -0.1) is 0 Å². The van der Waals surface area contributed by atoms with Gasteiger partial charge in [-0.2, -0.15) is 5.10 Å². The monoisotopic (exact) mass is 362 g/mol. The highest BCUT2D eigenvalue weighted by Gasteiger charge is 2.26. The number of hydrogen-bond donors (Lipinski definition) is 1. The Balaban J connectivity index is 1.50. The highest BCUT2D eigenvalue weighted by Crippen LogP contribution is 2.31. The predicted octanol–water partition coefficient (Wildman–Crippen LogP) is 0.812. The standard InChI is InChI=1S/C16H22N6O2S/c1-21-10-13-14(20-21)4-3-11-9-17-16(19-15(11)13)18-12-5-7-22(8-6-12)25(2,23)24/h9-10,12H,3-8H2,1-2H3,(H,17,18,19). The minimum Gasteiger partial charge on any atom is -0.351 e. The summed E-state index contributed by atoms with van der Waals surface area (Å²) >= 11 is 0. The Morgan fingerprint density at radius 2 is 2.00 bits per heavy atom. The van der Waals surface area contributed by atoms with E-state index in [1.54, 1.807) is 0 Å². The van der Waals surface area contributed by atoms with Crippen LogP contribution in [0.4, 0.5) is 5.95 Å². The molecule has 0 spiro atoms. The highest BCUT2D eigenvalue weighted by atomic mass is 32.2. The van der Waals surface area contributed by atoms with Crippen LogP contribution >= 0.6 is 0 Å². The van der Waals surface area contributed by atoms with E-state index >= 15 is 0 Å². The topological polar surface area (TPSA) is 93.0 Å². The first kappa shape index (κ1) is 16.5. The van der Waals surface area contributed by atoms with Crippen LogP contribution in [-0.4, -0.2) is 57.9 Å². The number of aromatic nitrogens is 4. The van der Waals surface area contributed by atoms with Crippen LogP contribution in [0.15, 0.2) is 12.4 Å². The van der Waals surface area contributed by atoms with Crippen molar-refractivity contribution in [1.29, 1.82) is 0 Å². The van der Waals surface area contributed by atoms with Crippen molar-refractivity contribution in [2.75, 3.05) is 24.7 Å². The lowest BCUT2D eigenvalue weighted by atomic mass is 9.95. The number of sulfonamides is 1. The third-order valence-electron chi connectivity index (χ3n) is 4.91. The molecule has 0 bridgehead atoms. The van der Waals surface area contributed by atoms with Crippen molar-refractivity contribution >= 4 is 16.0 Å². The summed E-state index contributed by atoms with van der Waals surface area (Å²) in [5.74, 6) is 0.605. The molecule has 134 valence electrons. The quantitative estimate of drug-likeness (QED) is 0.869. The molecule has 0 aromatic carbocycles. The van der Waals surface area contributed by atoms with Gasteiger partial charge >= 0.3 is 0 Å². The molecule has 2 aromatic heterocycles. The Kier molecular flexibility index (Phi) is 3.99. The van der Waals surface area contributed by atoms with Crippen LogP contribution in [0.2, 0.25) is 0 Å². The summed E-state index contributed by atoms with van der Waals surface area (Å²) in [7, 11) is -1.18. The fourth-order valence-electron chi connectivity index (χ4n) is 3.58. The van der Waals surface area contributed by atoms with E-state index in [0.29, 0.717) is 19.0 Å². The molecule has 2 aliphatic rings. The van der Waals surface area contributed by atoms with Crippen LogP contribution in [0.3, 0.4) is 0 Å². The average Bonchev–Trinajstić information content (AvgIpc) is 2.95. The SMILES string of the molecule is Cn1cc2c(n1)CCc1cnc(NC3CCN(S(C)(=O)=O)CC3)nc1-2. The first-order chi connectivity index (χ1) is 11.9. The number of nitrogens with one attached hydrogen (secondary N) is 1. The maximum absolute atomic E-state index is 11.6. The second-order valence-corrected chi connectivity index (χ2v) is 8.79. The molecule has 0 unspecified atom stereocenters. The number of nitrogens with zero attached hydrogens (tertiary/aromatic N) is 5. The van der Waals surface area contributed by atoms with Gasteiger partial charge in [0, 0.05) is 44.1 Å². The third kappa shape index (κ3) is 3.25. The smallest absolute Gasteiger partial charge is 0.223 e. The average molecular weight is 362 g/mol. The van der Waals surface area contributed by atoms with E-state index in [2.05, 4.69) is 15.4 Å². The molecule has 2 aromatic rings. The molecule has 0 saturated carbocycles. The first-order valence-corrected chi connectivity index (χ1v) is 10.4. The molecule has 1 aliphatic carbocycles. The van der Waals surface area contributed by atoms with Gasteiger partial charge in [0.15, 0.2) is 0 Å². The fraction of sp³-hybridized carbons (Fsp3) is 0.562. The van der Waals surface area contributed by atoms with Gasteiger partial charge in [0.2, 0.25) is 16.0 Å². The van der Waals surface area contributed by atoms with E-state index in [9.17, 15) is 8.42 Å². The summed E-state index contributed by atoms with van der Waals surface area (Å²) in [5, 5.41) is 7.87. The molecule has 8 nitrogen and oxygen atoms in total. The number of rotatable bonds is 3. The zero-order valence-corrected chi connectivity index (χ0v) is 15.3. The first-order valence-electron chi connectivity index (χ1n) is 8.50. The summed E-state index contributed by atoms with van der Waals surface area (Å²) in [5.41, 5.74) is 4.28. The van der Waals surface area contributed by atoms with Crippen LogP contribution in [0, 0.1) is 0 Å². The van der Waals surface area contributed by atoms with Crippen LogP contribution in [0.5, 0.6) is 0 Å². The summed E-state index contributed by atoms with van der Waals surface area (Å²) in [6.07, 6.45) is 8.51. The van der Waals surface area contributed by atoms with E-state index in [0.717, 1.165) is 48.2 Å². The number of anilines is 1. The van der Waals surface area contributed by atoms with Crippen molar-refractivity contribution in [3.05, 3.63) is 23.7 Å². The summed E-state index contributed by atoms with van der Waals surface area (Å²) in [4.78, 5) is 9.17. The van der Waals surface area contributed by atoms with Crippen molar-refractivity contribution in [2.24, 2.45) is 7.05 Å². The summed E-state index contributed by atoms with van der Waals surface area (Å²) in [6, 6.07) is 0.188. The molecule has 1 fully saturated rings. The lowest BCUT2D eigenvalue weighted by molar-refractivity contribution is 0.331. The van der Waals surface area contributed by atoms with Crippen molar-refractivity contribution in [3.63, 3.8) is 0 Å². The Labute approximate surface area is 147 Å². The zero-order valence-electron chi connectivity index (χ0n) is 14.4. The molecule has 25 heavy (non-hydrogen) atoms. The summed E-state index contributed by atoms with van der Waals surface area (Å²) in [6.45, 7) is 1.07. The molecule has 0 amide bonds. The van der Waals surface area contributed by atoms with Crippen molar-refractivity contribution in [3.8, 4) is 11.3 Å². The second kappa shape index (κ2) is 6.06. The molecule has 1 N–H and O–H groups in total. The molecular formula is C16H22N6O2S. The minimum absolute atomic E-state index is 0.188. The fourth-order valence-corrected chi connectivity index (χ4v) is 4.45. The Hall–Kier alpha value is -2.00. The van der Waals surface area contributed by atoms with Gasteiger partial charge in [-0.05, 0) is 31.2 Å². The van der Waals surface area contributed by atoms with E-state index in [1.807, 2.05) is 24.1 Å². The van der Waals surface area contributed by atoms with Gasteiger partial charge in [-0.1, -0.05) is 0 Å². The van der Waals surface area contributed by atoms with Crippen LogP contribution < -0.4 is 5.32 Å². The molecule has 1 aliphatic heterocycles. The van der Waals surface area contributed by atoms with Gasteiger partial charge in [-0.3, -0.25) is 4.68 Å². The molecule has 1 saturated heterocycles. The van der Waals surface area contributed by atoms with Crippen LogP contribution in [-0.2, 0) is 29.9 Å². The summed E-state index contributed by atoms with van der Waals surface area (Å²) < 4.78 is 26.6. The van der Waals surface area contributed by atoms with Crippen molar-refractivity contribution < 1.29 is 8.42 Å². The Bertz CT molecular complexity index is 899. The van der Waals surface area contributed by atoms with Gasteiger partial charge in [0.1, 0.15) is 0 Å². The van der Waals surface area contributed by atoms with Crippen molar-refractivity contribution in [2.45, 2.75) is 31.7 Å². The van der Waals surface area contributed by atoms with Crippen molar-refractivity contribution in [1.82, 2.24) is 24.1 Å². The van der Waals surface area contributed by atoms with Gasteiger partial charge in [0.05, 0.1) is 17.6 Å². The van der Waals surface area contributed by atoms with E-state index < -0.39 is 10.0 Å². The highest BCUT2D eigenvalue weighted by molar-refractivity contribution is 7.88. The maximum Gasteiger partial charge on any atom is 0.223 e. The number of aryl methyl sites for hydroxylation is 3. The lowest BCUT2D eigenvalue weighted by Gasteiger charge is -2.30. The van der Waals surface area contributed by atoms with E-state index in [4.69, 9.17) is 4.98 Å². The van der Waals surface area contributed by atoms with Gasteiger partial charge < -0.3 is 5.32 Å². The third-order valence-corrected chi connectivity index (χ3v) is 6.22. The van der Waals surface area contributed by atoms with Crippen LogP contribution in [0.25, 0.3) is 11.3 Å².